The van der Waals surface area contributed by atoms with Crippen LogP contribution < -0.4 is 0 Å². The molecule has 0 spiro atoms. The van der Waals surface area contributed by atoms with E-state index >= 15 is 0 Å². The highest BCUT2D eigenvalue weighted by Crippen LogP contribution is 2.53. The number of ether oxygens (including phenoxy) is 3. The van der Waals surface area contributed by atoms with Crippen LogP contribution in [0.25, 0.3) is 0 Å². The lowest BCUT2D eigenvalue weighted by atomic mass is 9.72. The van der Waals surface area contributed by atoms with Gasteiger partial charge in [0, 0.05) is 11.6 Å². The van der Waals surface area contributed by atoms with Crippen LogP contribution in [0.1, 0.15) is 40.0 Å². The number of Topliss-reactive ketones (excluding diaryl/α,β-unsaturated/α-hetero) is 1. The van der Waals surface area contributed by atoms with Gasteiger partial charge in [-0.2, -0.15) is 0 Å². The molecule has 3 atom stereocenters. The Hall–Kier alpha value is -2.37. The molecule has 2 aliphatic carbocycles. The van der Waals surface area contributed by atoms with E-state index in [9.17, 15) is 14.4 Å². The van der Waals surface area contributed by atoms with Crippen LogP contribution in [0.4, 0.5) is 0 Å². The van der Waals surface area contributed by atoms with Crippen LogP contribution in [0.2, 0.25) is 0 Å². The second-order valence-electron chi connectivity index (χ2n) is 7.63. The summed E-state index contributed by atoms with van der Waals surface area (Å²) in [5.74, 6) is -1.67. The number of rotatable bonds is 2. The first-order valence-electron chi connectivity index (χ1n) is 8.53. The summed E-state index contributed by atoms with van der Waals surface area (Å²) in [6.07, 6.45) is 4.02. The molecule has 0 radical (unpaired) electrons. The summed E-state index contributed by atoms with van der Waals surface area (Å²) in [6.45, 7) is 5.81. The molecule has 0 aromatic heterocycles. The summed E-state index contributed by atoms with van der Waals surface area (Å²) < 4.78 is 15.9. The molecule has 0 aromatic carbocycles. The highest BCUT2D eigenvalue weighted by Gasteiger charge is 2.56. The molecule has 4 rings (SSSR count). The van der Waals surface area contributed by atoms with E-state index in [4.69, 9.17) is 14.2 Å². The van der Waals surface area contributed by atoms with Crippen molar-refractivity contribution in [1.82, 2.24) is 0 Å². The molecule has 1 saturated heterocycles. The predicted octanol–water partition coefficient (Wildman–Crippen LogP) is 2.35. The number of allylic oxidation sites excluding steroid dienone is 1. The Kier molecular flexibility index (Phi) is 3.42. The number of esters is 2. The van der Waals surface area contributed by atoms with Crippen LogP contribution >= 0.6 is 0 Å². The number of fused-ring (bicyclic) bond motifs is 2. The zero-order valence-electron chi connectivity index (χ0n) is 14.5. The highest BCUT2D eigenvalue weighted by molar-refractivity contribution is 6.11. The molecule has 25 heavy (non-hydrogen) atoms. The van der Waals surface area contributed by atoms with Gasteiger partial charge in [0.15, 0.2) is 5.78 Å². The lowest BCUT2D eigenvalue weighted by Crippen LogP contribution is -2.27. The third kappa shape index (κ3) is 2.34. The minimum absolute atomic E-state index is 0.0383. The van der Waals surface area contributed by atoms with Crippen molar-refractivity contribution in [2.24, 2.45) is 11.3 Å². The Labute approximate surface area is 145 Å². The molecule has 132 valence electrons. The van der Waals surface area contributed by atoms with E-state index in [-0.39, 0.29) is 16.8 Å². The quantitative estimate of drug-likeness (QED) is 0.435. The van der Waals surface area contributed by atoms with Crippen LogP contribution in [0.3, 0.4) is 0 Å². The van der Waals surface area contributed by atoms with E-state index in [1.54, 1.807) is 6.92 Å². The smallest absolute Gasteiger partial charge is 0.338 e. The van der Waals surface area contributed by atoms with E-state index in [1.807, 2.05) is 0 Å². The Morgan fingerprint density at radius 3 is 2.64 bits per heavy atom. The molecule has 0 amide bonds. The van der Waals surface area contributed by atoms with Crippen molar-refractivity contribution in [2.45, 2.75) is 52.4 Å². The zero-order valence-corrected chi connectivity index (χ0v) is 14.5. The molecule has 0 saturated carbocycles. The van der Waals surface area contributed by atoms with Crippen molar-refractivity contribution < 1.29 is 28.6 Å². The van der Waals surface area contributed by atoms with Crippen molar-refractivity contribution in [2.75, 3.05) is 0 Å². The van der Waals surface area contributed by atoms with E-state index in [0.717, 1.165) is 30.4 Å². The fourth-order valence-electron chi connectivity index (χ4n) is 4.26. The summed E-state index contributed by atoms with van der Waals surface area (Å²) in [4.78, 5) is 36.5. The number of ketones is 1. The minimum atomic E-state index is -0.873. The Bertz CT molecular complexity index is 782. The van der Waals surface area contributed by atoms with E-state index in [2.05, 4.69) is 13.8 Å². The first kappa shape index (κ1) is 16.1. The standard InChI is InChI=1S/C19H20O6/c1-9-7-12(24-17(9)21)23-8-11-13-15(20)10-5-4-6-19(2,3)14(10)16(13)25-18(11)22/h7-8,12-13,16H,4-6H2,1-3H3/b11-8+/t12-,13-,16-/m0/s1. The lowest BCUT2D eigenvalue weighted by molar-refractivity contribution is -0.152. The van der Waals surface area contributed by atoms with Gasteiger partial charge in [0.2, 0.25) is 0 Å². The number of hydrogen-bond donors (Lipinski definition) is 0. The maximum Gasteiger partial charge on any atom is 0.338 e. The normalized spacial score (nSPS) is 34.7. The van der Waals surface area contributed by atoms with Crippen LogP contribution in [0, 0.1) is 11.3 Å². The van der Waals surface area contributed by atoms with Gasteiger partial charge in [-0.15, -0.1) is 0 Å². The molecule has 6 heteroatoms. The van der Waals surface area contributed by atoms with Gasteiger partial charge in [-0.25, -0.2) is 9.59 Å². The predicted molar refractivity (Wildman–Crippen MR) is 85.8 cm³/mol. The molecule has 2 heterocycles. The van der Waals surface area contributed by atoms with E-state index in [1.165, 1.54) is 12.3 Å². The number of carbonyl (C=O) groups excluding carboxylic acids is 3. The number of cyclic esters (lactones) is 1. The molecule has 0 N–H and O–H groups in total. The molecule has 0 bridgehead atoms. The van der Waals surface area contributed by atoms with E-state index in [0.29, 0.717) is 5.57 Å². The van der Waals surface area contributed by atoms with Crippen LogP contribution in [-0.2, 0) is 28.6 Å². The summed E-state index contributed by atoms with van der Waals surface area (Å²) >= 11 is 0. The largest absolute Gasteiger partial charge is 0.458 e. The van der Waals surface area contributed by atoms with Gasteiger partial charge < -0.3 is 14.2 Å². The number of hydrogen-bond acceptors (Lipinski definition) is 6. The first-order chi connectivity index (χ1) is 11.8. The fourth-order valence-corrected chi connectivity index (χ4v) is 4.26. The Morgan fingerprint density at radius 1 is 1.20 bits per heavy atom. The second kappa shape index (κ2) is 5.31. The van der Waals surface area contributed by atoms with E-state index < -0.39 is 30.3 Å². The first-order valence-corrected chi connectivity index (χ1v) is 8.53. The van der Waals surface area contributed by atoms with Gasteiger partial charge >= 0.3 is 11.9 Å². The van der Waals surface area contributed by atoms with Gasteiger partial charge in [-0.05, 0) is 42.7 Å². The summed E-state index contributed by atoms with van der Waals surface area (Å²) in [5.41, 5.74) is 2.28. The average Bonchev–Trinajstić information content (AvgIpc) is 3.11. The molecule has 4 aliphatic rings. The maximum absolute atomic E-state index is 12.9. The second-order valence-corrected chi connectivity index (χ2v) is 7.63. The van der Waals surface area contributed by atoms with Gasteiger partial charge in [-0.3, -0.25) is 4.79 Å². The van der Waals surface area contributed by atoms with Gasteiger partial charge in [0.25, 0.3) is 6.29 Å². The molecular weight excluding hydrogens is 324 g/mol. The SMILES string of the molecule is CC1=C[C@@H](O/C=C2/C(=O)O[C@@H]3C4=C(CCCC4(C)C)C(=O)[C@H]23)OC1=O. The Balaban J connectivity index is 1.61. The summed E-state index contributed by atoms with van der Waals surface area (Å²) in [5, 5.41) is 0. The lowest BCUT2D eigenvalue weighted by Gasteiger charge is -2.33. The molecular formula is C19H20O6. The summed E-state index contributed by atoms with van der Waals surface area (Å²) in [6, 6.07) is 0. The molecule has 0 unspecified atom stereocenters. The molecule has 0 aromatic rings. The summed E-state index contributed by atoms with van der Waals surface area (Å²) in [7, 11) is 0. The zero-order chi connectivity index (χ0) is 17.9. The van der Waals surface area contributed by atoms with Crippen molar-refractivity contribution in [3.63, 3.8) is 0 Å². The van der Waals surface area contributed by atoms with Crippen molar-refractivity contribution in [3.05, 3.63) is 34.6 Å². The number of carbonyl (C=O) groups is 3. The van der Waals surface area contributed by atoms with Crippen LogP contribution in [0.5, 0.6) is 0 Å². The maximum atomic E-state index is 12.9. The molecule has 6 nitrogen and oxygen atoms in total. The van der Waals surface area contributed by atoms with Crippen LogP contribution in [0.15, 0.2) is 34.6 Å². The highest BCUT2D eigenvalue weighted by atomic mass is 16.7. The fraction of sp³-hybridized carbons (Fsp3) is 0.526. The van der Waals surface area contributed by atoms with Gasteiger partial charge in [-0.1, -0.05) is 13.8 Å². The average molecular weight is 344 g/mol. The third-order valence-corrected chi connectivity index (χ3v) is 5.52. The van der Waals surface area contributed by atoms with Crippen molar-refractivity contribution >= 4 is 17.7 Å². The van der Waals surface area contributed by atoms with Crippen molar-refractivity contribution in [3.8, 4) is 0 Å². The monoisotopic (exact) mass is 344 g/mol. The topological polar surface area (TPSA) is 78.9 Å². The van der Waals surface area contributed by atoms with Gasteiger partial charge in [0.1, 0.15) is 6.10 Å². The van der Waals surface area contributed by atoms with Crippen LogP contribution in [-0.4, -0.2) is 30.1 Å². The third-order valence-electron chi connectivity index (χ3n) is 5.52. The Morgan fingerprint density at radius 2 is 1.96 bits per heavy atom. The minimum Gasteiger partial charge on any atom is -0.458 e. The molecule has 2 aliphatic heterocycles. The van der Waals surface area contributed by atoms with Gasteiger partial charge in [0.05, 0.1) is 17.8 Å². The van der Waals surface area contributed by atoms with Crippen molar-refractivity contribution in [1.29, 1.82) is 0 Å². The molecule has 1 fully saturated rings.